The van der Waals surface area contributed by atoms with Crippen molar-refractivity contribution in [1.29, 1.82) is 0 Å². The number of halogens is 3. The highest BCUT2D eigenvalue weighted by Crippen LogP contribution is 2.31. The average Bonchev–Trinajstić information content (AvgIpc) is 2.35. The molecule has 0 amide bonds. The van der Waals surface area contributed by atoms with Gasteiger partial charge in [0, 0.05) is 12.5 Å². The molecule has 18 heavy (non-hydrogen) atoms. The lowest BCUT2D eigenvalue weighted by atomic mass is 9.99. The van der Waals surface area contributed by atoms with Crippen LogP contribution in [0.15, 0.2) is 51.4 Å². The lowest BCUT2D eigenvalue weighted by molar-refractivity contribution is 0.688. The molecule has 0 radical (unpaired) electrons. The predicted molar refractivity (Wildman–Crippen MR) is 91.9 cm³/mol. The highest BCUT2D eigenvalue weighted by atomic mass is 127. The minimum atomic E-state index is 0.187. The second-order valence-electron chi connectivity index (χ2n) is 3.94. The van der Waals surface area contributed by atoms with Crippen molar-refractivity contribution in [3.8, 4) is 0 Å². The monoisotopic (exact) mass is 479 g/mol. The SMILES string of the molecule is CNC(c1cccc(I)c1)c1cc(Br)ccc1Br. The zero-order valence-electron chi connectivity index (χ0n) is 9.75. The molecule has 0 heterocycles. The Labute approximate surface area is 138 Å². The summed E-state index contributed by atoms with van der Waals surface area (Å²) >= 11 is 9.50. The molecule has 0 aliphatic rings. The molecule has 0 bridgehead atoms. The van der Waals surface area contributed by atoms with Gasteiger partial charge in [-0.25, -0.2) is 0 Å². The van der Waals surface area contributed by atoms with Crippen molar-refractivity contribution in [2.45, 2.75) is 6.04 Å². The van der Waals surface area contributed by atoms with Gasteiger partial charge >= 0.3 is 0 Å². The number of hydrogen-bond donors (Lipinski definition) is 1. The van der Waals surface area contributed by atoms with E-state index in [4.69, 9.17) is 0 Å². The van der Waals surface area contributed by atoms with E-state index in [1.54, 1.807) is 0 Å². The van der Waals surface area contributed by atoms with Crippen LogP contribution in [0, 0.1) is 3.57 Å². The molecule has 94 valence electrons. The highest BCUT2D eigenvalue weighted by molar-refractivity contribution is 14.1. The summed E-state index contributed by atoms with van der Waals surface area (Å²) in [5.74, 6) is 0. The van der Waals surface area contributed by atoms with E-state index in [0.29, 0.717) is 0 Å². The normalized spacial score (nSPS) is 12.4. The van der Waals surface area contributed by atoms with E-state index in [2.05, 4.69) is 96.2 Å². The van der Waals surface area contributed by atoms with Gasteiger partial charge in [-0.1, -0.05) is 44.0 Å². The minimum absolute atomic E-state index is 0.187. The molecular weight excluding hydrogens is 469 g/mol. The third kappa shape index (κ3) is 3.35. The molecule has 2 aromatic rings. The molecule has 1 unspecified atom stereocenters. The molecule has 0 fully saturated rings. The Bertz CT molecular complexity index is 557. The summed E-state index contributed by atoms with van der Waals surface area (Å²) in [6, 6.07) is 15.0. The number of benzene rings is 2. The smallest absolute Gasteiger partial charge is 0.0586 e. The van der Waals surface area contributed by atoms with E-state index >= 15 is 0 Å². The quantitative estimate of drug-likeness (QED) is 0.601. The zero-order chi connectivity index (χ0) is 13.1. The van der Waals surface area contributed by atoms with Crippen LogP contribution in [0.1, 0.15) is 17.2 Å². The van der Waals surface area contributed by atoms with Crippen molar-refractivity contribution in [2.24, 2.45) is 0 Å². The zero-order valence-corrected chi connectivity index (χ0v) is 15.1. The summed E-state index contributed by atoms with van der Waals surface area (Å²) in [6.45, 7) is 0. The summed E-state index contributed by atoms with van der Waals surface area (Å²) in [5, 5.41) is 3.38. The van der Waals surface area contributed by atoms with Crippen LogP contribution < -0.4 is 5.32 Å². The van der Waals surface area contributed by atoms with Crippen molar-refractivity contribution >= 4 is 54.5 Å². The summed E-state index contributed by atoms with van der Waals surface area (Å²) < 4.78 is 3.45. The van der Waals surface area contributed by atoms with Crippen LogP contribution in [0.4, 0.5) is 0 Å². The maximum absolute atomic E-state index is 3.62. The first-order chi connectivity index (χ1) is 8.61. The van der Waals surface area contributed by atoms with Gasteiger partial charge in [-0.05, 0) is 71.1 Å². The Morgan fingerprint density at radius 1 is 1.11 bits per heavy atom. The first-order valence-corrected chi connectivity index (χ1v) is 8.16. The fourth-order valence-electron chi connectivity index (χ4n) is 1.92. The minimum Gasteiger partial charge on any atom is -0.309 e. The van der Waals surface area contributed by atoms with Crippen LogP contribution >= 0.6 is 54.5 Å². The third-order valence-corrected chi connectivity index (χ3v) is 4.63. The van der Waals surface area contributed by atoms with E-state index in [9.17, 15) is 0 Å². The summed E-state index contributed by atoms with van der Waals surface area (Å²) in [5.41, 5.74) is 2.50. The third-order valence-electron chi connectivity index (χ3n) is 2.74. The van der Waals surface area contributed by atoms with Crippen LogP contribution in [0.5, 0.6) is 0 Å². The van der Waals surface area contributed by atoms with Crippen LogP contribution in [-0.2, 0) is 0 Å². The lowest BCUT2D eigenvalue weighted by Crippen LogP contribution is -2.18. The average molecular weight is 481 g/mol. The fourth-order valence-corrected chi connectivity index (χ4v) is 3.35. The Kier molecular flexibility index (Phi) is 5.24. The molecular formula is C14H12Br2IN. The molecule has 0 spiro atoms. The molecule has 1 N–H and O–H groups in total. The van der Waals surface area contributed by atoms with E-state index < -0.39 is 0 Å². The Morgan fingerprint density at radius 2 is 1.89 bits per heavy atom. The number of hydrogen-bond acceptors (Lipinski definition) is 1. The van der Waals surface area contributed by atoms with Crippen LogP contribution in [-0.4, -0.2) is 7.05 Å². The second-order valence-corrected chi connectivity index (χ2v) is 6.96. The Balaban J connectivity index is 2.48. The van der Waals surface area contributed by atoms with Crippen molar-refractivity contribution < 1.29 is 0 Å². The largest absolute Gasteiger partial charge is 0.309 e. The van der Waals surface area contributed by atoms with Gasteiger partial charge in [0.05, 0.1) is 6.04 Å². The maximum Gasteiger partial charge on any atom is 0.0586 e. The van der Waals surface area contributed by atoms with Gasteiger partial charge in [-0.15, -0.1) is 0 Å². The van der Waals surface area contributed by atoms with Gasteiger partial charge in [0.25, 0.3) is 0 Å². The molecule has 0 saturated heterocycles. The van der Waals surface area contributed by atoms with Crippen LogP contribution in [0.3, 0.4) is 0 Å². The van der Waals surface area contributed by atoms with Gasteiger partial charge in [-0.2, -0.15) is 0 Å². The number of nitrogens with one attached hydrogen (secondary N) is 1. The molecule has 1 nitrogen and oxygen atoms in total. The van der Waals surface area contributed by atoms with Crippen LogP contribution in [0.25, 0.3) is 0 Å². The highest BCUT2D eigenvalue weighted by Gasteiger charge is 2.15. The Hall–Kier alpha value is 0.0900. The van der Waals surface area contributed by atoms with Crippen LogP contribution in [0.2, 0.25) is 0 Å². The van der Waals surface area contributed by atoms with E-state index in [-0.39, 0.29) is 6.04 Å². The topological polar surface area (TPSA) is 12.0 Å². The fraction of sp³-hybridized carbons (Fsp3) is 0.143. The first kappa shape index (κ1) is 14.5. The van der Waals surface area contributed by atoms with Crippen molar-refractivity contribution in [3.05, 3.63) is 66.1 Å². The van der Waals surface area contributed by atoms with E-state index in [0.717, 1.165) is 8.95 Å². The Morgan fingerprint density at radius 3 is 2.56 bits per heavy atom. The maximum atomic E-state index is 3.62. The van der Waals surface area contributed by atoms with Gasteiger partial charge in [0.15, 0.2) is 0 Å². The van der Waals surface area contributed by atoms with E-state index in [1.807, 2.05) is 13.1 Å². The molecule has 4 heteroatoms. The molecule has 0 saturated carbocycles. The number of rotatable bonds is 3. The molecule has 0 aliphatic heterocycles. The van der Waals surface area contributed by atoms with Gasteiger partial charge in [0.1, 0.15) is 0 Å². The molecule has 0 aromatic heterocycles. The molecule has 0 aliphatic carbocycles. The predicted octanol–water partition coefficient (Wildman–Crippen LogP) is 5.13. The van der Waals surface area contributed by atoms with Gasteiger partial charge < -0.3 is 5.32 Å². The van der Waals surface area contributed by atoms with E-state index in [1.165, 1.54) is 14.7 Å². The molecule has 2 rings (SSSR count). The van der Waals surface area contributed by atoms with Crippen molar-refractivity contribution in [1.82, 2.24) is 5.32 Å². The van der Waals surface area contributed by atoms with Gasteiger partial charge in [0.2, 0.25) is 0 Å². The summed E-state index contributed by atoms with van der Waals surface area (Å²) in [7, 11) is 1.98. The van der Waals surface area contributed by atoms with Gasteiger partial charge in [-0.3, -0.25) is 0 Å². The first-order valence-electron chi connectivity index (χ1n) is 5.49. The molecule has 1 atom stereocenters. The van der Waals surface area contributed by atoms with Crippen molar-refractivity contribution in [3.63, 3.8) is 0 Å². The molecule has 2 aromatic carbocycles. The summed E-state index contributed by atoms with van der Waals surface area (Å²) in [4.78, 5) is 0. The second kappa shape index (κ2) is 6.50. The lowest BCUT2D eigenvalue weighted by Gasteiger charge is -2.19. The standard InChI is InChI=1S/C14H12Br2IN/c1-18-14(9-3-2-4-11(17)7-9)12-8-10(15)5-6-13(12)16/h2-8,14,18H,1H3. The van der Waals surface area contributed by atoms with Crippen molar-refractivity contribution in [2.75, 3.05) is 7.05 Å². The summed E-state index contributed by atoms with van der Waals surface area (Å²) in [6.07, 6.45) is 0.